The fourth-order valence-electron chi connectivity index (χ4n) is 2.03. The zero-order valence-electron chi connectivity index (χ0n) is 9.82. The molecule has 1 rings (SSSR count). The van der Waals surface area contributed by atoms with Crippen LogP contribution in [0.15, 0.2) is 0 Å². The van der Waals surface area contributed by atoms with Gasteiger partial charge in [-0.25, -0.2) is 0 Å². The van der Waals surface area contributed by atoms with Crippen LogP contribution in [0.1, 0.15) is 26.2 Å². The predicted molar refractivity (Wildman–Crippen MR) is 62.7 cm³/mol. The fraction of sp³-hybridized carbons (Fsp3) is 0.727. The number of hydrogen-bond donors (Lipinski definition) is 0. The average molecular weight is 307 g/mol. The van der Waals surface area contributed by atoms with E-state index in [2.05, 4.69) is 20.7 Å². The number of rotatable bonds is 4. The largest absolute Gasteiger partial charge is 0.468 e. The molecule has 0 bridgehead atoms. The van der Waals surface area contributed by atoms with Crippen molar-refractivity contribution in [2.75, 3.05) is 13.7 Å². The van der Waals surface area contributed by atoms with E-state index in [-0.39, 0.29) is 18.8 Å². The second-order valence-corrected chi connectivity index (χ2v) is 5.03. The Kier molecular flexibility index (Phi) is 4.68. The van der Waals surface area contributed by atoms with Crippen LogP contribution < -0.4 is 0 Å². The number of methoxy groups -OCH3 is 1. The summed E-state index contributed by atoms with van der Waals surface area (Å²) in [5.41, 5.74) is -1.37. The van der Waals surface area contributed by atoms with Crippen molar-refractivity contribution in [3.63, 3.8) is 0 Å². The monoisotopic (exact) mass is 306 g/mol. The Bertz CT molecular complexity index is 341. The zero-order valence-corrected chi connectivity index (χ0v) is 11.4. The van der Waals surface area contributed by atoms with Gasteiger partial charge in [0.25, 0.3) is 0 Å². The molecule has 5 nitrogen and oxygen atoms in total. The van der Waals surface area contributed by atoms with Gasteiger partial charge in [0, 0.05) is 0 Å². The third-order valence-electron chi connectivity index (χ3n) is 2.91. The number of ketones is 1. The molecule has 0 N–H and O–H groups in total. The van der Waals surface area contributed by atoms with Gasteiger partial charge in [0.05, 0.1) is 25.0 Å². The number of alkyl halides is 1. The summed E-state index contributed by atoms with van der Waals surface area (Å²) in [5.74, 6) is -1.50. The van der Waals surface area contributed by atoms with Gasteiger partial charge in [-0.1, -0.05) is 15.9 Å². The Balaban J connectivity index is 2.92. The molecule has 0 aromatic rings. The summed E-state index contributed by atoms with van der Waals surface area (Å²) >= 11 is 3.20. The van der Waals surface area contributed by atoms with Crippen molar-refractivity contribution in [3.8, 4) is 0 Å². The molecule has 17 heavy (non-hydrogen) atoms. The van der Waals surface area contributed by atoms with Crippen molar-refractivity contribution in [2.45, 2.75) is 31.0 Å². The van der Waals surface area contributed by atoms with Crippen molar-refractivity contribution in [3.05, 3.63) is 0 Å². The van der Waals surface area contributed by atoms with Gasteiger partial charge in [0.15, 0.2) is 5.78 Å². The molecule has 0 aliphatic heterocycles. The first kappa shape index (κ1) is 14.2. The lowest BCUT2D eigenvalue weighted by Crippen LogP contribution is -2.40. The van der Waals surface area contributed by atoms with Crippen LogP contribution in [0.2, 0.25) is 0 Å². The van der Waals surface area contributed by atoms with Crippen LogP contribution in [0.4, 0.5) is 0 Å². The molecule has 0 amide bonds. The van der Waals surface area contributed by atoms with E-state index in [4.69, 9.17) is 4.74 Å². The van der Waals surface area contributed by atoms with E-state index in [0.29, 0.717) is 12.8 Å². The lowest BCUT2D eigenvalue weighted by Gasteiger charge is -2.23. The second-order valence-electron chi connectivity index (χ2n) is 3.93. The van der Waals surface area contributed by atoms with Crippen LogP contribution in [0, 0.1) is 5.41 Å². The summed E-state index contributed by atoms with van der Waals surface area (Å²) in [6.45, 7) is 1.90. The SMILES string of the molecule is CCOC(=O)CC1(C(=O)OC)CCC(Br)C1=O. The maximum Gasteiger partial charge on any atom is 0.320 e. The molecule has 2 atom stereocenters. The molecule has 1 aliphatic carbocycles. The van der Waals surface area contributed by atoms with E-state index in [1.165, 1.54) is 7.11 Å². The third-order valence-corrected chi connectivity index (χ3v) is 3.78. The third kappa shape index (κ3) is 2.68. The normalized spacial score (nSPS) is 27.9. The maximum atomic E-state index is 12.0. The number of halogens is 1. The quantitative estimate of drug-likeness (QED) is 0.444. The lowest BCUT2D eigenvalue weighted by atomic mass is 9.82. The highest BCUT2D eigenvalue weighted by Gasteiger charge is 2.54. The van der Waals surface area contributed by atoms with Crippen LogP contribution in [0.5, 0.6) is 0 Å². The first-order valence-corrected chi connectivity index (χ1v) is 6.32. The Morgan fingerprint density at radius 3 is 2.59 bits per heavy atom. The Morgan fingerprint density at radius 2 is 2.18 bits per heavy atom. The standard InChI is InChI=1S/C11H15BrO5/c1-3-17-8(13)6-11(10(15)16-2)5-4-7(12)9(11)14/h7H,3-6H2,1-2H3. The summed E-state index contributed by atoms with van der Waals surface area (Å²) in [4.78, 5) is 34.9. The van der Waals surface area contributed by atoms with Crippen molar-refractivity contribution in [1.82, 2.24) is 0 Å². The number of esters is 2. The van der Waals surface area contributed by atoms with Crippen LogP contribution in [0.25, 0.3) is 0 Å². The van der Waals surface area contributed by atoms with Crippen molar-refractivity contribution < 1.29 is 23.9 Å². The molecule has 0 spiro atoms. The van der Waals surface area contributed by atoms with E-state index in [1.807, 2.05) is 0 Å². The number of carbonyl (C=O) groups is 3. The molecular formula is C11H15BrO5. The Labute approximate surface area is 108 Å². The highest BCUT2D eigenvalue weighted by molar-refractivity contribution is 9.10. The van der Waals surface area contributed by atoms with Gasteiger partial charge < -0.3 is 9.47 Å². The Morgan fingerprint density at radius 1 is 1.53 bits per heavy atom. The van der Waals surface area contributed by atoms with Crippen molar-refractivity contribution >= 4 is 33.7 Å². The van der Waals surface area contributed by atoms with Crippen LogP contribution in [-0.4, -0.2) is 36.3 Å². The number of hydrogen-bond acceptors (Lipinski definition) is 5. The predicted octanol–water partition coefficient (Wildman–Crippen LogP) is 1.23. The van der Waals surface area contributed by atoms with Gasteiger partial charge in [-0.3, -0.25) is 14.4 Å². The topological polar surface area (TPSA) is 69.7 Å². The summed E-state index contributed by atoms with van der Waals surface area (Å²) < 4.78 is 9.44. The molecular weight excluding hydrogens is 292 g/mol. The minimum atomic E-state index is -1.37. The maximum absolute atomic E-state index is 12.0. The number of ether oxygens (including phenoxy) is 2. The van der Waals surface area contributed by atoms with E-state index < -0.39 is 22.2 Å². The molecule has 6 heteroatoms. The van der Waals surface area contributed by atoms with Gasteiger partial charge in [-0.2, -0.15) is 0 Å². The number of carbonyl (C=O) groups excluding carboxylic acids is 3. The highest BCUT2D eigenvalue weighted by atomic mass is 79.9. The van der Waals surface area contributed by atoms with E-state index in [1.54, 1.807) is 6.92 Å². The van der Waals surface area contributed by atoms with Crippen molar-refractivity contribution in [1.29, 1.82) is 0 Å². The van der Waals surface area contributed by atoms with E-state index >= 15 is 0 Å². The van der Waals surface area contributed by atoms with Crippen LogP contribution in [-0.2, 0) is 23.9 Å². The minimum Gasteiger partial charge on any atom is -0.468 e. The molecule has 0 aromatic carbocycles. The lowest BCUT2D eigenvalue weighted by molar-refractivity contribution is -0.163. The molecule has 0 aromatic heterocycles. The van der Waals surface area contributed by atoms with Crippen LogP contribution in [0.3, 0.4) is 0 Å². The van der Waals surface area contributed by atoms with Gasteiger partial charge in [0.2, 0.25) is 0 Å². The van der Waals surface area contributed by atoms with Gasteiger partial charge >= 0.3 is 11.9 Å². The smallest absolute Gasteiger partial charge is 0.320 e. The average Bonchev–Trinajstić information content (AvgIpc) is 2.58. The zero-order chi connectivity index (χ0) is 13.1. The molecule has 0 radical (unpaired) electrons. The molecule has 1 aliphatic rings. The summed E-state index contributed by atoms with van der Waals surface area (Å²) in [5, 5.41) is 0. The molecule has 1 fully saturated rings. The summed E-state index contributed by atoms with van der Waals surface area (Å²) in [6.07, 6.45) is 0.592. The summed E-state index contributed by atoms with van der Waals surface area (Å²) in [6, 6.07) is 0. The molecule has 1 saturated carbocycles. The van der Waals surface area contributed by atoms with E-state index in [9.17, 15) is 14.4 Å². The van der Waals surface area contributed by atoms with E-state index in [0.717, 1.165) is 0 Å². The van der Waals surface area contributed by atoms with Crippen LogP contribution >= 0.6 is 15.9 Å². The number of Topliss-reactive ketones (excluding diaryl/α,β-unsaturated/α-hetero) is 1. The highest BCUT2D eigenvalue weighted by Crippen LogP contribution is 2.42. The molecule has 0 saturated heterocycles. The van der Waals surface area contributed by atoms with Gasteiger partial charge in [-0.05, 0) is 19.8 Å². The second kappa shape index (κ2) is 5.62. The van der Waals surface area contributed by atoms with Gasteiger partial charge in [0.1, 0.15) is 5.41 Å². The minimum absolute atomic E-state index is 0.224. The Hall–Kier alpha value is -0.910. The van der Waals surface area contributed by atoms with Gasteiger partial charge in [-0.15, -0.1) is 0 Å². The fourth-order valence-corrected chi connectivity index (χ4v) is 2.70. The summed E-state index contributed by atoms with van der Waals surface area (Å²) in [7, 11) is 1.21. The molecule has 96 valence electrons. The first-order valence-electron chi connectivity index (χ1n) is 5.40. The molecule has 2 unspecified atom stereocenters. The molecule has 0 heterocycles. The first-order chi connectivity index (χ1) is 7.97. The van der Waals surface area contributed by atoms with Crippen molar-refractivity contribution in [2.24, 2.45) is 5.41 Å².